The van der Waals surface area contributed by atoms with Crippen molar-refractivity contribution in [3.05, 3.63) is 18.6 Å². The Hall–Kier alpha value is -2.18. The molecule has 1 unspecified atom stereocenters. The number of nitrogens with zero attached hydrogens (tertiary/aromatic N) is 4. The van der Waals surface area contributed by atoms with E-state index in [4.69, 9.17) is 5.73 Å². The van der Waals surface area contributed by atoms with Crippen molar-refractivity contribution in [2.24, 2.45) is 5.73 Å². The number of aromatic nitrogens is 2. The highest BCUT2D eigenvalue weighted by molar-refractivity contribution is 5.89. The van der Waals surface area contributed by atoms with Gasteiger partial charge in [0.1, 0.15) is 11.9 Å². The Balaban J connectivity index is 1.99. The Morgan fingerprint density at radius 1 is 1.53 bits per heavy atom. The van der Waals surface area contributed by atoms with Crippen molar-refractivity contribution in [1.82, 2.24) is 14.9 Å². The molecule has 7 nitrogen and oxygen atoms in total. The lowest BCUT2D eigenvalue weighted by Crippen LogP contribution is -2.47. The minimum absolute atomic E-state index is 0.116. The van der Waals surface area contributed by atoms with Gasteiger partial charge in [-0.05, 0) is 12.8 Å². The van der Waals surface area contributed by atoms with Gasteiger partial charge in [-0.1, -0.05) is 0 Å². The standard InChI is InChI=1S/C12H17N5O2/c1-16(10-7-14-4-5-15-10)8-11(18)17-6-2-3-9(17)12(13)19/h4-5,7,9H,2-3,6,8H2,1H3,(H2,13,19). The molecule has 0 bridgehead atoms. The van der Waals surface area contributed by atoms with Gasteiger partial charge < -0.3 is 15.5 Å². The Labute approximate surface area is 111 Å². The molecule has 2 heterocycles. The quantitative estimate of drug-likeness (QED) is 0.782. The summed E-state index contributed by atoms with van der Waals surface area (Å²) in [6, 6.07) is -0.470. The summed E-state index contributed by atoms with van der Waals surface area (Å²) in [6.45, 7) is 0.739. The monoisotopic (exact) mass is 263 g/mol. The van der Waals surface area contributed by atoms with Crippen LogP contribution in [0.4, 0.5) is 5.82 Å². The van der Waals surface area contributed by atoms with E-state index in [9.17, 15) is 9.59 Å². The van der Waals surface area contributed by atoms with Gasteiger partial charge in [-0.3, -0.25) is 14.6 Å². The number of carbonyl (C=O) groups is 2. The van der Waals surface area contributed by atoms with Gasteiger partial charge in [0.05, 0.1) is 12.7 Å². The Bertz CT molecular complexity index is 464. The van der Waals surface area contributed by atoms with Gasteiger partial charge in [0.15, 0.2) is 0 Å². The van der Waals surface area contributed by atoms with Crippen molar-refractivity contribution < 1.29 is 9.59 Å². The van der Waals surface area contributed by atoms with Crippen molar-refractivity contribution >= 4 is 17.6 Å². The number of hydrogen-bond acceptors (Lipinski definition) is 5. The zero-order chi connectivity index (χ0) is 13.8. The molecule has 0 spiro atoms. The Kier molecular flexibility index (Phi) is 3.94. The third-order valence-electron chi connectivity index (χ3n) is 3.21. The van der Waals surface area contributed by atoms with E-state index in [-0.39, 0.29) is 12.5 Å². The number of primary amides is 1. The maximum atomic E-state index is 12.2. The molecular formula is C12H17N5O2. The Morgan fingerprint density at radius 2 is 2.32 bits per heavy atom. The average molecular weight is 263 g/mol. The lowest BCUT2D eigenvalue weighted by atomic mass is 10.2. The van der Waals surface area contributed by atoms with Crippen molar-refractivity contribution in [1.29, 1.82) is 0 Å². The summed E-state index contributed by atoms with van der Waals surface area (Å²) in [5.41, 5.74) is 5.30. The molecule has 7 heteroatoms. The molecule has 1 aromatic rings. The van der Waals surface area contributed by atoms with Crippen LogP contribution >= 0.6 is 0 Å². The SMILES string of the molecule is CN(CC(=O)N1CCCC1C(N)=O)c1cnccn1. The molecule has 0 aliphatic carbocycles. The molecule has 1 aromatic heterocycles. The lowest BCUT2D eigenvalue weighted by molar-refractivity contribution is -0.136. The van der Waals surface area contributed by atoms with Crippen LogP contribution in [0.25, 0.3) is 0 Å². The molecule has 102 valence electrons. The van der Waals surface area contributed by atoms with Crippen molar-refractivity contribution in [3.8, 4) is 0 Å². The van der Waals surface area contributed by atoms with Gasteiger partial charge in [-0.25, -0.2) is 4.98 Å². The fourth-order valence-electron chi connectivity index (χ4n) is 2.22. The molecule has 1 fully saturated rings. The smallest absolute Gasteiger partial charge is 0.242 e. The third-order valence-corrected chi connectivity index (χ3v) is 3.21. The van der Waals surface area contributed by atoms with Gasteiger partial charge in [0.25, 0.3) is 0 Å². The lowest BCUT2D eigenvalue weighted by Gasteiger charge is -2.25. The first kappa shape index (κ1) is 13.3. The summed E-state index contributed by atoms with van der Waals surface area (Å²) in [6.07, 6.45) is 6.19. The predicted molar refractivity (Wildman–Crippen MR) is 69.2 cm³/mol. The zero-order valence-electron chi connectivity index (χ0n) is 10.8. The summed E-state index contributed by atoms with van der Waals surface area (Å²) < 4.78 is 0. The molecule has 0 saturated carbocycles. The molecule has 2 rings (SSSR count). The zero-order valence-corrected chi connectivity index (χ0v) is 10.8. The van der Waals surface area contributed by atoms with Gasteiger partial charge in [0, 0.05) is 26.0 Å². The highest BCUT2D eigenvalue weighted by Gasteiger charge is 2.32. The largest absolute Gasteiger partial charge is 0.368 e. The second-order valence-corrected chi connectivity index (χ2v) is 4.57. The number of likely N-dealkylation sites (N-methyl/N-ethyl adjacent to an activating group) is 1. The van der Waals surface area contributed by atoms with Crippen LogP contribution in [-0.4, -0.2) is 52.9 Å². The molecule has 1 atom stereocenters. The van der Waals surface area contributed by atoms with Crippen LogP contribution in [0.15, 0.2) is 18.6 Å². The minimum Gasteiger partial charge on any atom is -0.368 e. The van der Waals surface area contributed by atoms with Crippen LogP contribution in [0.3, 0.4) is 0 Å². The summed E-state index contributed by atoms with van der Waals surface area (Å²) in [4.78, 5) is 34.8. The summed E-state index contributed by atoms with van der Waals surface area (Å²) in [7, 11) is 1.76. The van der Waals surface area contributed by atoms with E-state index in [0.717, 1.165) is 6.42 Å². The van der Waals surface area contributed by atoms with E-state index < -0.39 is 11.9 Å². The molecule has 0 aromatic carbocycles. The molecule has 2 N–H and O–H groups in total. The predicted octanol–water partition coefficient (Wildman–Crippen LogP) is -0.611. The fraction of sp³-hybridized carbons (Fsp3) is 0.500. The highest BCUT2D eigenvalue weighted by atomic mass is 16.2. The van der Waals surface area contributed by atoms with Crippen LogP contribution in [-0.2, 0) is 9.59 Å². The summed E-state index contributed by atoms with van der Waals surface area (Å²) >= 11 is 0. The molecule has 1 saturated heterocycles. The second kappa shape index (κ2) is 5.64. The minimum atomic E-state index is -0.470. The number of nitrogens with two attached hydrogens (primary N) is 1. The normalized spacial score (nSPS) is 18.4. The van der Waals surface area contributed by atoms with Gasteiger partial charge >= 0.3 is 0 Å². The van der Waals surface area contributed by atoms with Gasteiger partial charge in [-0.2, -0.15) is 0 Å². The van der Waals surface area contributed by atoms with Crippen molar-refractivity contribution in [3.63, 3.8) is 0 Å². The van der Waals surface area contributed by atoms with E-state index in [1.54, 1.807) is 35.4 Å². The van der Waals surface area contributed by atoms with Crippen LogP contribution in [0, 0.1) is 0 Å². The van der Waals surface area contributed by atoms with Crippen LogP contribution in [0.2, 0.25) is 0 Å². The number of hydrogen-bond donors (Lipinski definition) is 1. The third kappa shape index (κ3) is 2.98. The highest BCUT2D eigenvalue weighted by Crippen LogP contribution is 2.17. The van der Waals surface area contributed by atoms with Crippen LogP contribution < -0.4 is 10.6 Å². The van der Waals surface area contributed by atoms with E-state index in [0.29, 0.717) is 18.8 Å². The fourth-order valence-corrected chi connectivity index (χ4v) is 2.22. The van der Waals surface area contributed by atoms with Crippen LogP contribution in [0.5, 0.6) is 0 Å². The number of anilines is 1. The molecule has 19 heavy (non-hydrogen) atoms. The molecular weight excluding hydrogens is 246 g/mol. The summed E-state index contributed by atoms with van der Waals surface area (Å²) in [5, 5.41) is 0. The Morgan fingerprint density at radius 3 is 2.95 bits per heavy atom. The van der Waals surface area contributed by atoms with Crippen molar-refractivity contribution in [2.75, 3.05) is 25.0 Å². The van der Waals surface area contributed by atoms with Crippen LogP contribution in [0.1, 0.15) is 12.8 Å². The first-order valence-corrected chi connectivity index (χ1v) is 6.15. The average Bonchev–Trinajstić information content (AvgIpc) is 2.89. The van der Waals surface area contributed by atoms with E-state index in [1.165, 1.54) is 0 Å². The number of rotatable bonds is 4. The van der Waals surface area contributed by atoms with Gasteiger partial charge in [-0.15, -0.1) is 0 Å². The molecule has 2 amide bonds. The van der Waals surface area contributed by atoms with E-state index in [1.807, 2.05) is 0 Å². The number of likely N-dealkylation sites (tertiary alicyclic amines) is 1. The topological polar surface area (TPSA) is 92.4 Å². The maximum absolute atomic E-state index is 12.2. The van der Waals surface area contributed by atoms with E-state index >= 15 is 0 Å². The first-order chi connectivity index (χ1) is 9.09. The molecule has 1 aliphatic rings. The molecule has 1 aliphatic heterocycles. The number of amides is 2. The first-order valence-electron chi connectivity index (χ1n) is 6.15. The summed E-state index contributed by atoms with van der Waals surface area (Å²) in [5.74, 6) is 0.0631. The van der Waals surface area contributed by atoms with Gasteiger partial charge in [0.2, 0.25) is 11.8 Å². The number of carbonyl (C=O) groups excluding carboxylic acids is 2. The second-order valence-electron chi connectivity index (χ2n) is 4.57. The molecule has 0 radical (unpaired) electrons. The van der Waals surface area contributed by atoms with E-state index in [2.05, 4.69) is 9.97 Å². The van der Waals surface area contributed by atoms with Crippen molar-refractivity contribution in [2.45, 2.75) is 18.9 Å². The maximum Gasteiger partial charge on any atom is 0.242 e.